The molecule has 0 aliphatic carbocycles. The number of fused-ring (bicyclic) bond motifs is 1. The molecule has 0 bridgehead atoms. The molecule has 0 atom stereocenters. The van der Waals surface area contributed by atoms with Crippen LogP contribution in [-0.2, 0) is 0 Å². The van der Waals surface area contributed by atoms with Gasteiger partial charge in [0.15, 0.2) is 5.78 Å². The summed E-state index contributed by atoms with van der Waals surface area (Å²) in [6.07, 6.45) is 2.89. The third-order valence-electron chi connectivity index (χ3n) is 4.40. The molecule has 2 amide bonds. The SMILES string of the molecule is Cc1cccc(NC(=O)Nc2cccc(C(=O)c3c[nH]c4ncnc(N)c34)c2)c1. The highest BCUT2D eigenvalue weighted by molar-refractivity contribution is 6.18. The Labute approximate surface area is 166 Å². The zero-order valence-electron chi connectivity index (χ0n) is 15.6. The fourth-order valence-corrected chi connectivity index (χ4v) is 3.08. The van der Waals surface area contributed by atoms with Crippen LogP contribution in [0.15, 0.2) is 61.1 Å². The summed E-state index contributed by atoms with van der Waals surface area (Å²) < 4.78 is 0. The number of nitrogen functional groups attached to an aromatic ring is 1. The number of hydrogen-bond acceptors (Lipinski definition) is 5. The van der Waals surface area contributed by atoms with Crippen LogP contribution < -0.4 is 16.4 Å². The molecule has 0 unspecified atom stereocenters. The number of urea groups is 1. The third-order valence-corrected chi connectivity index (χ3v) is 4.40. The van der Waals surface area contributed by atoms with Crippen LogP contribution >= 0.6 is 0 Å². The Kier molecular flexibility index (Phi) is 4.66. The van der Waals surface area contributed by atoms with E-state index in [0.717, 1.165) is 5.56 Å². The van der Waals surface area contributed by atoms with Gasteiger partial charge in [0.1, 0.15) is 17.8 Å². The maximum Gasteiger partial charge on any atom is 0.323 e. The van der Waals surface area contributed by atoms with Gasteiger partial charge in [-0.1, -0.05) is 24.3 Å². The highest BCUT2D eigenvalue weighted by Gasteiger charge is 2.18. The number of nitrogens with one attached hydrogen (secondary N) is 3. The van der Waals surface area contributed by atoms with E-state index in [2.05, 4.69) is 25.6 Å². The van der Waals surface area contributed by atoms with Crippen molar-refractivity contribution in [3.05, 3.63) is 77.7 Å². The van der Waals surface area contributed by atoms with Gasteiger partial charge >= 0.3 is 6.03 Å². The number of H-pyrrole nitrogens is 1. The second kappa shape index (κ2) is 7.43. The molecule has 2 aromatic heterocycles. The van der Waals surface area contributed by atoms with Gasteiger partial charge in [0.2, 0.25) is 0 Å². The van der Waals surface area contributed by atoms with Gasteiger partial charge < -0.3 is 21.4 Å². The Bertz CT molecular complexity index is 1230. The number of ketones is 1. The number of aromatic nitrogens is 3. The first-order valence-electron chi connectivity index (χ1n) is 8.88. The lowest BCUT2D eigenvalue weighted by Crippen LogP contribution is -2.19. The molecule has 2 heterocycles. The topological polar surface area (TPSA) is 126 Å². The van der Waals surface area contributed by atoms with Crippen LogP contribution in [0.25, 0.3) is 11.0 Å². The van der Waals surface area contributed by atoms with Crippen molar-refractivity contribution >= 4 is 40.0 Å². The molecule has 29 heavy (non-hydrogen) atoms. The Morgan fingerprint density at radius 1 is 1.00 bits per heavy atom. The maximum atomic E-state index is 13.0. The molecular weight excluding hydrogens is 368 g/mol. The molecule has 0 fully saturated rings. The highest BCUT2D eigenvalue weighted by Crippen LogP contribution is 2.24. The average molecular weight is 386 g/mol. The normalized spacial score (nSPS) is 10.7. The minimum Gasteiger partial charge on any atom is -0.383 e. The lowest BCUT2D eigenvalue weighted by Gasteiger charge is -2.09. The second-order valence-corrected chi connectivity index (χ2v) is 6.54. The van der Waals surface area contributed by atoms with E-state index >= 15 is 0 Å². The molecule has 4 rings (SSSR count). The summed E-state index contributed by atoms with van der Waals surface area (Å²) >= 11 is 0. The molecule has 0 aliphatic heterocycles. The molecule has 0 radical (unpaired) electrons. The van der Waals surface area contributed by atoms with Gasteiger partial charge in [-0.2, -0.15) is 0 Å². The first-order valence-corrected chi connectivity index (χ1v) is 8.88. The number of benzene rings is 2. The average Bonchev–Trinajstić information content (AvgIpc) is 3.13. The third kappa shape index (κ3) is 3.77. The van der Waals surface area contributed by atoms with Crippen LogP contribution in [0.2, 0.25) is 0 Å². The number of hydrogen-bond donors (Lipinski definition) is 4. The van der Waals surface area contributed by atoms with E-state index in [0.29, 0.717) is 33.5 Å². The number of amides is 2. The van der Waals surface area contributed by atoms with E-state index < -0.39 is 6.03 Å². The van der Waals surface area contributed by atoms with Crippen LogP contribution in [0, 0.1) is 6.92 Å². The lowest BCUT2D eigenvalue weighted by molar-refractivity contribution is 0.104. The summed E-state index contributed by atoms with van der Waals surface area (Å²) in [4.78, 5) is 36.2. The highest BCUT2D eigenvalue weighted by atomic mass is 16.2. The predicted molar refractivity (Wildman–Crippen MR) is 112 cm³/mol. The van der Waals surface area contributed by atoms with E-state index in [1.165, 1.54) is 6.33 Å². The van der Waals surface area contributed by atoms with E-state index in [1.54, 1.807) is 36.5 Å². The Balaban J connectivity index is 1.55. The summed E-state index contributed by atoms with van der Waals surface area (Å²) in [5.41, 5.74) is 9.40. The zero-order chi connectivity index (χ0) is 20.4. The second-order valence-electron chi connectivity index (χ2n) is 6.54. The maximum absolute atomic E-state index is 13.0. The van der Waals surface area contributed by atoms with Crippen molar-refractivity contribution in [1.82, 2.24) is 15.0 Å². The molecule has 8 nitrogen and oxygen atoms in total. The summed E-state index contributed by atoms with van der Waals surface area (Å²) in [6, 6.07) is 13.8. The van der Waals surface area contributed by atoms with Crippen molar-refractivity contribution in [2.75, 3.05) is 16.4 Å². The molecule has 0 aliphatic rings. The van der Waals surface area contributed by atoms with Gasteiger partial charge in [0, 0.05) is 23.1 Å². The summed E-state index contributed by atoms with van der Waals surface area (Å²) in [5.74, 6) is -0.0214. The van der Waals surface area contributed by atoms with Crippen LogP contribution in [0.5, 0.6) is 0 Å². The summed E-state index contributed by atoms with van der Waals surface area (Å²) in [5, 5.41) is 5.99. The standard InChI is InChI=1S/C21H18N6O2/c1-12-4-2-6-14(8-12)26-21(29)27-15-7-3-5-13(9-15)18(28)16-10-23-20-17(16)19(22)24-11-25-20/h2-11H,1H3,(H2,26,27,29)(H3,22,23,24,25). The molecule has 144 valence electrons. The Morgan fingerprint density at radius 2 is 1.72 bits per heavy atom. The van der Waals surface area contributed by atoms with Crippen LogP contribution in [0.3, 0.4) is 0 Å². The number of carbonyl (C=O) groups excluding carboxylic acids is 2. The quantitative estimate of drug-likeness (QED) is 0.398. The predicted octanol–water partition coefficient (Wildman–Crippen LogP) is 3.72. The van der Waals surface area contributed by atoms with E-state index in [9.17, 15) is 9.59 Å². The van der Waals surface area contributed by atoms with Crippen molar-refractivity contribution in [1.29, 1.82) is 0 Å². The number of carbonyl (C=O) groups is 2. The molecule has 4 aromatic rings. The van der Waals surface area contributed by atoms with Crippen LogP contribution in [-0.4, -0.2) is 26.8 Å². The van der Waals surface area contributed by atoms with E-state index in [1.807, 2.05) is 25.1 Å². The minimum atomic E-state index is -0.398. The Hall–Kier alpha value is -4.20. The van der Waals surface area contributed by atoms with Gasteiger partial charge in [-0.05, 0) is 36.8 Å². The Morgan fingerprint density at radius 3 is 2.48 bits per heavy atom. The van der Waals surface area contributed by atoms with E-state index in [-0.39, 0.29) is 11.6 Å². The molecule has 8 heteroatoms. The summed E-state index contributed by atoms with van der Waals surface area (Å²) in [7, 11) is 0. The van der Waals surface area contributed by atoms with Crippen molar-refractivity contribution in [3.8, 4) is 0 Å². The van der Waals surface area contributed by atoms with Crippen LogP contribution in [0.1, 0.15) is 21.5 Å². The molecule has 5 N–H and O–H groups in total. The van der Waals surface area contributed by atoms with E-state index in [4.69, 9.17) is 5.73 Å². The number of aromatic amines is 1. The lowest BCUT2D eigenvalue weighted by atomic mass is 10.0. The molecule has 0 saturated carbocycles. The van der Waals surface area contributed by atoms with Gasteiger partial charge in [0.05, 0.1) is 10.9 Å². The van der Waals surface area contributed by atoms with Crippen molar-refractivity contribution < 1.29 is 9.59 Å². The van der Waals surface area contributed by atoms with Crippen molar-refractivity contribution in [2.24, 2.45) is 0 Å². The summed E-state index contributed by atoms with van der Waals surface area (Å²) in [6.45, 7) is 1.95. The number of anilines is 3. The molecule has 0 spiro atoms. The van der Waals surface area contributed by atoms with Crippen LogP contribution in [0.4, 0.5) is 22.0 Å². The zero-order valence-corrected chi connectivity index (χ0v) is 15.6. The molecule has 2 aromatic carbocycles. The number of nitrogens with zero attached hydrogens (tertiary/aromatic N) is 2. The van der Waals surface area contributed by atoms with Crippen molar-refractivity contribution in [3.63, 3.8) is 0 Å². The van der Waals surface area contributed by atoms with Gasteiger partial charge in [-0.15, -0.1) is 0 Å². The first kappa shape index (κ1) is 18.2. The van der Waals surface area contributed by atoms with Gasteiger partial charge in [-0.3, -0.25) is 4.79 Å². The molecular formula is C21H18N6O2. The first-order chi connectivity index (χ1) is 14.0. The smallest absolute Gasteiger partial charge is 0.323 e. The number of aryl methyl sites for hydroxylation is 1. The van der Waals surface area contributed by atoms with Crippen molar-refractivity contribution in [2.45, 2.75) is 6.92 Å². The fourth-order valence-electron chi connectivity index (χ4n) is 3.08. The number of nitrogens with two attached hydrogens (primary N) is 1. The van der Waals surface area contributed by atoms with Gasteiger partial charge in [-0.25, -0.2) is 14.8 Å². The monoisotopic (exact) mass is 386 g/mol. The fraction of sp³-hybridized carbons (Fsp3) is 0.0476. The molecule has 0 saturated heterocycles. The van der Waals surface area contributed by atoms with Gasteiger partial charge in [0.25, 0.3) is 0 Å². The minimum absolute atomic E-state index is 0.228. The largest absolute Gasteiger partial charge is 0.383 e. The number of rotatable bonds is 4.